The van der Waals surface area contributed by atoms with E-state index in [-0.39, 0.29) is 5.02 Å². The normalized spacial score (nSPS) is 20.9. The van der Waals surface area contributed by atoms with E-state index in [0.29, 0.717) is 19.6 Å². The predicted molar refractivity (Wildman–Crippen MR) is 66.1 cm³/mol. The Bertz CT molecular complexity index is 456. The van der Waals surface area contributed by atoms with Crippen LogP contribution in [0.5, 0.6) is 0 Å². The molecule has 1 aromatic rings. The minimum atomic E-state index is -0.851. The number of hydrogen-bond acceptors (Lipinski definition) is 3. The number of halogens is 2. The highest BCUT2D eigenvalue weighted by molar-refractivity contribution is 6.30. The van der Waals surface area contributed by atoms with Crippen molar-refractivity contribution in [1.29, 1.82) is 0 Å². The average molecular weight is 273 g/mol. The molecule has 1 unspecified atom stereocenters. The van der Waals surface area contributed by atoms with Crippen molar-refractivity contribution in [2.24, 2.45) is 0 Å². The highest BCUT2D eigenvalue weighted by Gasteiger charge is 2.28. The summed E-state index contributed by atoms with van der Waals surface area (Å²) in [6, 6.07) is 3.91. The Morgan fingerprint density at radius 1 is 1.61 bits per heavy atom. The van der Waals surface area contributed by atoms with Gasteiger partial charge in [-0.15, -0.1) is 0 Å². The molecule has 18 heavy (non-hydrogen) atoms. The molecular formula is C12H14ClFN2O2. The molecular weight excluding hydrogens is 259 g/mol. The third-order valence-electron chi connectivity index (χ3n) is 3.01. The van der Waals surface area contributed by atoms with Gasteiger partial charge in [-0.1, -0.05) is 17.7 Å². The van der Waals surface area contributed by atoms with Crippen molar-refractivity contribution in [3.63, 3.8) is 0 Å². The summed E-state index contributed by atoms with van der Waals surface area (Å²) in [4.78, 5) is 13.0. The molecule has 2 N–H and O–H groups in total. The number of benzene rings is 1. The van der Waals surface area contributed by atoms with Crippen LogP contribution in [0.3, 0.4) is 0 Å². The minimum absolute atomic E-state index is 0.0644. The molecule has 1 heterocycles. The van der Waals surface area contributed by atoms with Gasteiger partial charge in [0.25, 0.3) is 0 Å². The molecule has 6 heteroatoms. The molecule has 0 amide bonds. The van der Waals surface area contributed by atoms with Crippen LogP contribution in [-0.2, 0) is 11.3 Å². The first kappa shape index (κ1) is 13.3. The SMILES string of the molecule is O=C(O)C1CNCCN1Cc1ccc(F)c(Cl)c1. The van der Waals surface area contributed by atoms with E-state index in [9.17, 15) is 9.18 Å². The topological polar surface area (TPSA) is 52.6 Å². The summed E-state index contributed by atoms with van der Waals surface area (Å²) in [5.74, 6) is -1.31. The Morgan fingerprint density at radius 2 is 2.39 bits per heavy atom. The van der Waals surface area contributed by atoms with Gasteiger partial charge >= 0.3 is 5.97 Å². The molecule has 1 aromatic carbocycles. The van der Waals surface area contributed by atoms with Crippen molar-refractivity contribution in [3.8, 4) is 0 Å². The Hall–Kier alpha value is -1.17. The van der Waals surface area contributed by atoms with Gasteiger partial charge in [-0.25, -0.2) is 4.39 Å². The second-order valence-corrected chi connectivity index (χ2v) is 4.68. The van der Waals surface area contributed by atoms with Gasteiger partial charge < -0.3 is 10.4 Å². The molecule has 0 bridgehead atoms. The van der Waals surface area contributed by atoms with Crippen LogP contribution in [0.2, 0.25) is 5.02 Å². The molecule has 2 rings (SSSR count). The lowest BCUT2D eigenvalue weighted by atomic mass is 10.1. The predicted octanol–water partition coefficient (Wildman–Crippen LogP) is 1.34. The van der Waals surface area contributed by atoms with Gasteiger partial charge in [-0.2, -0.15) is 0 Å². The fraction of sp³-hybridized carbons (Fsp3) is 0.417. The number of piperazine rings is 1. The number of carbonyl (C=O) groups is 1. The van der Waals surface area contributed by atoms with Crippen LogP contribution in [0.25, 0.3) is 0 Å². The molecule has 1 aliphatic heterocycles. The molecule has 1 atom stereocenters. The molecule has 0 spiro atoms. The van der Waals surface area contributed by atoms with Crippen LogP contribution in [0.4, 0.5) is 4.39 Å². The van der Waals surface area contributed by atoms with Gasteiger partial charge in [-0.05, 0) is 17.7 Å². The van der Waals surface area contributed by atoms with E-state index in [1.165, 1.54) is 12.1 Å². The standard InChI is InChI=1S/C12H14ClFN2O2/c13-9-5-8(1-2-10(9)14)7-16-4-3-15-6-11(16)12(17)18/h1-2,5,11,15H,3-4,6-7H2,(H,17,18). The maximum atomic E-state index is 13.0. The van der Waals surface area contributed by atoms with E-state index in [1.54, 1.807) is 6.07 Å². The Morgan fingerprint density at radius 3 is 3.06 bits per heavy atom. The van der Waals surface area contributed by atoms with Crippen molar-refractivity contribution < 1.29 is 14.3 Å². The van der Waals surface area contributed by atoms with E-state index in [2.05, 4.69) is 5.32 Å². The quantitative estimate of drug-likeness (QED) is 0.872. The van der Waals surface area contributed by atoms with E-state index in [4.69, 9.17) is 16.7 Å². The molecule has 98 valence electrons. The molecule has 0 saturated carbocycles. The minimum Gasteiger partial charge on any atom is -0.480 e. The van der Waals surface area contributed by atoms with Crippen LogP contribution in [0.15, 0.2) is 18.2 Å². The Labute approximate surface area is 109 Å². The highest BCUT2D eigenvalue weighted by atomic mass is 35.5. The Kier molecular flexibility index (Phi) is 4.16. The monoisotopic (exact) mass is 272 g/mol. The van der Waals surface area contributed by atoms with E-state index in [1.807, 2.05) is 4.90 Å². The number of hydrogen-bond donors (Lipinski definition) is 2. The maximum absolute atomic E-state index is 13.0. The van der Waals surface area contributed by atoms with Gasteiger partial charge in [0.1, 0.15) is 11.9 Å². The summed E-state index contributed by atoms with van der Waals surface area (Å²) < 4.78 is 13.0. The van der Waals surface area contributed by atoms with E-state index >= 15 is 0 Å². The fourth-order valence-electron chi connectivity index (χ4n) is 2.05. The molecule has 1 fully saturated rings. The van der Waals surface area contributed by atoms with Crippen LogP contribution in [0.1, 0.15) is 5.56 Å². The highest BCUT2D eigenvalue weighted by Crippen LogP contribution is 2.18. The molecule has 4 nitrogen and oxygen atoms in total. The smallest absolute Gasteiger partial charge is 0.322 e. The number of aliphatic carboxylic acids is 1. The van der Waals surface area contributed by atoms with Gasteiger partial charge in [-0.3, -0.25) is 9.69 Å². The number of nitrogens with zero attached hydrogens (tertiary/aromatic N) is 1. The average Bonchev–Trinajstić information content (AvgIpc) is 2.34. The van der Waals surface area contributed by atoms with Crippen LogP contribution in [-0.4, -0.2) is 41.7 Å². The van der Waals surface area contributed by atoms with Crippen LogP contribution >= 0.6 is 11.6 Å². The molecule has 0 aliphatic carbocycles. The summed E-state index contributed by atoms with van der Waals surface area (Å²) in [7, 11) is 0. The second-order valence-electron chi connectivity index (χ2n) is 4.28. The third-order valence-corrected chi connectivity index (χ3v) is 3.30. The molecule has 0 aromatic heterocycles. The van der Waals surface area contributed by atoms with Gasteiger partial charge in [0.05, 0.1) is 5.02 Å². The zero-order valence-corrected chi connectivity index (χ0v) is 10.5. The van der Waals surface area contributed by atoms with Crippen molar-refractivity contribution in [1.82, 2.24) is 10.2 Å². The fourth-order valence-corrected chi connectivity index (χ4v) is 2.25. The van der Waals surface area contributed by atoms with Crippen molar-refractivity contribution >= 4 is 17.6 Å². The first-order chi connectivity index (χ1) is 8.58. The largest absolute Gasteiger partial charge is 0.480 e. The summed E-state index contributed by atoms with van der Waals surface area (Å²) in [5, 5.41) is 12.2. The van der Waals surface area contributed by atoms with E-state index in [0.717, 1.165) is 12.1 Å². The van der Waals surface area contributed by atoms with Crippen molar-refractivity contribution in [2.75, 3.05) is 19.6 Å². The summed E-state index contributed by atoms with van der Waals surface area (Å²) in [6.07, 6.45) is 0. The third kappa shape index (κ3) is 2.98. The van der Waals surface area contributed by atoms with Crippen LogP contribution < -0.4 is 5.32 Å². The number of carboxylic acids is 1. The first-order valence-electron chi connectivity index (χ1n) is 5.69. The maximum Gasteiger partial charge on any atom is 0.322 e. The van der Waals surface area contributed by atoms with Gasteiger partial charge in [0.15, 0.2) is 0 Å². The first-order valence-corrected chi connectivity index (χ1v) is 6.07. The Balaban J connectivity index is 2.10. The second kappa shape index (κ2) is 5.65. The van der Waals surface area contributed by atoms with Crippen LogP contribution in [0, 0.1) is 5.82 Å². The summed E-state index contributed by atoms with van der Waals surface area (Å²) in [5.41, 5.74) is 0.814. The van der Waals surface area contributed by atoms with Gasteiger partial charge in [0, 0.05) is 26.2 Å². The van der Waals surface area contributed by atoms with Crippen molar-refractivity contribution in [3.05, 3.63) is 34.6 Å². The molecule has 1 saturated heterocycles. The number of nitrogens with one attached hydrogen (secondary N) is 1. The number of carboxylic acid groups (broad SMARTS) is 1. The lowest BCUT2D eigenvalue weighted by molar-refractivity contribution is -0.144. The van der Waals surface area contributed by atoms with Gasteiger partial charge in [0.2, 0.25) is 0 Å². The molecule has 1 aliphatic rings. The zero-order chi connectivity index (χ0) is 13.1. The lowest BCUT2D eigenvalue weighted by Crippen LogP contribution is -2.54. The lowest BCUT2D eigenvalue weighted by Gasteiger charge is -2.33. The molecule has 0 radical (unpaired) electrons. The number of rotatable bonds is 3. The van der Waals surface area contributed by atoms with E-state index < -0.39 is 17.8 Å². The summed E-state index contributed by atoms with van der Waals surface area (Å²) >= 11 is 5.71. The zero-order valence-electron chi connectivity index (χ0n) is 9.70. The van der Waals surface area contributed by atoms with Crippen molar-refractivity contribution in [2.45, 2.75) is 12.6 Å². The summed E-state index contributed by atoms with van der Waals surface area (Å²) in [6.45, 7) is 2.27.